The minimum Gasteiger partial charge on any atom is -0.508 e. The molecule has 0 radical (unpaired) electrons. The third-order valence-corrected chi connectivity index (χ3v) is 3.82. The zero-order valence-corrected chi connectivity index (χ0v) is 12.3. The van der Waals surface area contributed by atoms with Crippen LogP contribution in [-0.4, -0.2) is 17.0 Å². The van der Waals surface area contributed by atoms with E-state index in [-0.39, 0.29) is 5.75 Å². The van der Waals surface area contributed by atoms with Gasteiger partial charge in [0.15, 0.2) is 0 Å². The third-order valence-electron chi connectivity index (χ3n) is 2.44. The Labute approximate surface area is 117 Å². The fourth-order valence-electron chi connectivity index (χ4n) is 1.61. The Kier molecular flexibility index (Phi) is 4.29. The summed E-state index contributed by atoms with van der Waals surface area (Å²) in [5, 5.41) is 12.4. The molecule has 0 saturated heterocycles. The van der Waals surface area contributed by atoms with E-state index in [0.29, 0.717) is 6.61 Å². The molecule has 0 amide bonds. The lowest BCUT2D eigenvalue weighted by Gasteiger charge is -2.10. The first kappa shape index (κ1) is 12.7. The van der Waals surface area contributed by atoms with Crippen LogP contribution in [0.15, 0.2) is 34.8 Å². The van der Waals surface area contributed by atoms with E-state index in [9.17, 15) is 5.11 Å². The SMILES string of the molecule is Oc1ccc2c(Br)c(OCCCBr)ccc2c1. The summed E-state index contributed by atoms with van der Waals surface area (Å²) in [4.78, 5) is 0. The quantitative estimate of drug-likeness (QED) is 0.644. The topological polar surface area (TPSA) is 29.5 Å². The normalized spacial score (nSPS) is 10.7. The van der Waals surface area contributed by atoms with Gasteiger partial charge in [-0.1, -0.05) is 22.0 Å². The first-order chi connectivity index (χ1) is 8.22. The van der Waals surface area contributed by atoms with Gasteiger partial charge in [0.2, 0.25) is 0 Å². The Hall–Kier alpha value is -0.740. The average molecular weight is 360 g/mol. The fraction of sp³-hybridized carbons (Fsp3) is 0.231. The molecule has 0 fully saturated rings. The maximum atomic E-state index is 9.41. The molecule has 2 nitrogen and oxygen atoms in total. The van der Waals surface area contributed by atoms with Gasteiger partial charge in [0, 0.05) is 5.33 Å². The minimum absolute atomic E-state index is 0.275. The van der Waals surface area contributed by atoms with E-state index in [0.717, 1.165) is 32.7 Å². The standard InChI is InChI=1S/C13H12Br2O2/c14-6-1-7-17-12-5-2-9-8-10(16)3-4-11(9)13(12)15/h2-5,8,16H,1,6-7H2. The molecule has 2 rings (SSSR count). The Bertz CT molecular complexity index is 526. The van der Waals surface area contributed by atoms with Crippen molar-refractivity contribution in [3.8, 4) is 11.5 Å². The predicted molar refractivity (Wildman–Crippen MR) is 77.2 cm³/mol. The molecule has 90 valence electrons. The molecular formula is C13H12Br2O2. The molecule has 0 aliphatic carbocycles. The van der Waals surface area contributed by atoms with Crippen LogP contribution in [0.2, 0.25) is 0 Å². The molecule has 0 atom stereocenters. The van der Waals surface area contributed by atoms with E-state index in [4.69, 9.17) is 4.74 Å². The van der Waals surface area contributed by atoms with Crippen LogP contribution >= 0.6 is 31.9 Å². The van der Waals surface area contributed by atoms with Crippen molar-refractivity contribution >= 4 is 42.6 Å². The van der Waals surface area contributed by atoms with Gasteiger partial charge in [-0.05, 0) is 57.4 Å². The lowest BCUT2D eigenvalue weighted by molar-refractivity contribution is 0.317. The molecular weight excluding hydrogens is 348 g/mol. The number of fused-ring (bicyclic) bond motifs is 1. The van der Waals surface area contributed by atoms with Gasteiger partial charge in [-0.25, -0.2) is 0 Å². The number of phenols is 1. The van der Waals surface area contributed by atoms with Crippen molar-refractivity contribution in [1.29, 1.82) is 0 Å². The van der Waals surface area contributed by atoms with Gasteiger partial charge in [-0.2, -0.15) is 0 Å². The summed E-state index contributed by atoms with van der Waals surface area (Å²) in [5.74, 6) is 1.11. The van der Waals surface area contributed by atoms with Crippen molar-refractivity contribution in [1.82, 2.24) is 0 Å². The molecule has 0 bridgehead atoms. The van der Waals surface area contributed by atoms with E-state index >= 15 is 0 Å². The van der Waals surface area contributed by atoms with Crippen LogP contribution in [0.25, 0.3) is 10.8 Å². The van der Waals surface area contributed by atoms with Crippen LogP contribution in [0, 0.1) is 0 Å². The van der Waals surface area contributed by atoms with Crippen LogP contribution in [0.5, 0.6) is 11.5 Å². The maximum Gasteiger partial charge on any atom is 0.134 e. The lowest BCUT2D eigenvalue weighted by Crippen LogP contribution is -1.98. The van der Waals surface area contributed by atoms with Gasteiger partial charge < -0.3 is 9.84 Å². The highest BCUT2D eigenvalue weighted by molar-refractivity contribution is 9.10. The van der Waals surface area contributed by atoms with Crippen molar-refractivity contribution in [3.63, 3.8) is 0 Å². The summed E-state index contributed by atoms with van der Waals surface area (Å²) >= 11 is 6.91. The largest absolute Gasteiger partial charge is 0.508 e. The molecule has 2 aromatic carbocycles. The predicted octanol–water partition coefficient (Wildman–Crippen LogP) is 4.47. The first-order valence-electron chi connectivity index (χ1n) is 5.32. The Morgan fingerprint density at radius 1 is 1.18 bits per heavy atom. The molecule has 0 saturated carbocycles. The lowest BCUT2D eigenvalue weighted by atomic mass is 10.1. The number of hydrogen-bond acceptors (Lipinski definition) is 2. The average Bonchev–Trinajstić information content (AvgIpc) is 2.32. The smallest absolute Gasteiger partial charge is 0.134 e. The molecule has 1 N–H and O–H groups in total. The van der Waals surface area contributed by atoms with Crippen LogP contribution < -0.4 is 4.74 Å². The molecule has 0 unspecified atom stereocenters. The minimum atomic E-state index is 0.275. The zero-order chi connectivity index (χ0) is 12.3. The summed E-state index contributed by atoms with van der Waals surface area (Å²) in [5.41, 5.74) is 0. The third kappa shape index (κ3) is 2.93. The zero-order valence-electron chi connectivity index (χ0n) is 9.12. The monoisotopic (exact) mass is 358 g/mol. The number of phenolic OH excluding ortho intramolecular Hbond substituents is 1. The van der Waals surface area contributed by atoms with Crippen molar-refractivity contribution in [2.24, 2.45) is 0 Å². The van der Waals surface area contributed by atoms with Gasteiger partial charge in [0.25, 0.3) is 0 Å². The summed E-state index contributed by atoms with van der Waals surface area (Å²) < 4.78 is 6.61. The summed E-state index contributed by atoms with van der Waals surface area (Å²) in [6.07, 6.45) is 0.972. The van der Waals surface area contributed by atoms with Gasteiger partial charge in [-0.15, -0.1) is 0 Å². The molecule has 17 heavy (non-hydrogen) atoms. The van der Waals surface area contributed by atoms with Crippen LogP contribution in [-0.2, 0) is 0 Å². The van der Waals surface area contributed by atoms with Crippen molar-refractivity contribution in [2.45, 2.75) is 6.42 Å². The van der Waals surface area contributed by atoms with Crippen molar-refractivity contribution < 1.29 is 9.84 Å². The van der Waals surface area contributed by atoms with Gasteiger partial charge in [-0.3, -0.25) is 0 Å². The highest BCUT2D eigenvalue weighted by Gasteiger charge is 2.06. The van der Waals surface area contributed by atoms with Crippen LogP contribution in [0.1, 0.15) is 6.42 Å². The number of hydrogen-bond donors (Lipinski definition) is 1. The Morgan fingerprint density at radius 2 is 2.00 bits per heavy atom. The summed E-state index contributed by atoms with van der Waals surface area (Å²) in [6, 6.07) is 9.16. The molecule has 0 aliphatic heterocycles. The molecule has 2 aromatic rings. The van der Waals surface area contributed by atoms with Crippen LogP contribution in [0.4, 0.5) is 0 Å². The Morgan fingerprint density at radius 3 is 2.76 bits per heavy atom. The second-order valence-electron chi connectivity index (χ2n) is 3.67. The molecule has 4 heteroatoms. The summed E-state index contributed by atoms with van der Waals surface area (Å²) in [7, 11) is 0. The highest BCUT2D eigenvalue weighted by Crippen LogP contribution is 2.34. The van der Waals surface area contributed by atoms with Crippen molar-refractivity contribution in [3.05, 3.63) is 34.8 Å². The molecule has 0 aliphatic rings. The molecule has 0 aromatic heterocycles. The highest BCUT2D eigenvalue weighted by atomic mass is 79.9. The number of ether oxygens (including phenoxy) is 1. The van der Waals surface area contributed by atoms with E-state index < -0.39 is 0 Å². The maximum absolute atomic E-state index is 9.41. The van der Waals surface area contributed by atoms with Crippen LogP contribution in [0.3, 0.4) is 0 Å². The van der Waals surface area contributed by atoms with E-state index in [2.05, 4.69) is 31.9 Å². The first-order valence-corrected chi connectivity index (χ1v) is 7.24. The summed E-state index contributed by atoms with van der Waals surface area (Å²) in [6.45, 7) is 0.688. The van der Waals surface area contributed by atoms with E-state index in [1.165, 1.54) is 0 Å². The van der Waals surface area contributed by atoms with Gasteiger partial charge in [0.05, 0.1) is 11.1 Å². The van der Waals surface area contributed by atoms with Crippen molar-refractivity contribution in [2.75, 3.05) is 11.9 Å². The van der Waals surface area contributed by atoms with Gasteiger partial charge >= 0.3 is 0 Å². The number of rotatable bonds is 4. The van der Waals surface area contributed by atoms with E-state index in [1.54, 1.807) is 12.1 Å². The van der Waals surface area contributed by atoms with E-state index in [1.807, 2.05) is 18.2 Å². The van der Waals surface area contributed by atoms with Gasteiger partial charge in [0.1, 0.15) is 11.5 Å². The fourth-order valence-corrected chi connectivity index (χ4v) is 2.44. The molecule has 0 heterocycles. The Balaban J connectivity index is 2.33. The molecule has 0 spiro atoms. The number of halogens is 2. The second kappa shape index (κ2) is 5.74. The number of alkyl halides is 1. The second-order valence-corrected chi connectivity index (χ2v) is 5.26. The number of benzene rings is 2. The number of aromatic hydroxyl groups is 1.